The predicted octanol–water partition coefficient (Wildman–Crippen LogP) is 2.10. The van der Waals surface area contributed by atoms with E-state index in [1.165, 1.54) is 0 Å². The highest BCUT2D eigenvalue weighted by Gasteiger charge is 2.35. The summed E-state index contributed by atoms with van der Waals surface area (Å²) in [6.07, 6.45) is 3.14. The zero-order valence-corrected chi connectivity index (χ0v) is 11.1. The van der Waals surface area contributed by atoms with E-state index in [1.807, 2.05) is 0 Å². The average Bonchev–Trinajstić information content (AvgIpc) is 2.22. The summed E-state index contributed by atoms with van der Waals surface area (Å²) in [5.74, 6) is 0. The Morgan fingerprint density at radius 1 is 1.50 bits per heavy atom. The largest absolute Gasteiger partial charge is 0.378 e. The van der Waals surface area contributed by atoms with Gasteiger partial charge in [0.15, 0.2) is 0 Å². The quantitative estimate of drug-likeness (QED) is 0.674. The van der Waals surface area contributed by atoms with E-state index in [4.69, 9.17) is 4.74 Å². The highest BCUT2D eigenvalue weighted by atomic mass is 16.5. The molecule has 3 nitrogen and oxygen atoms in total. The summed E-state index contributed by atoms with van der Waals surface area (Å²) in [5.41, 5.74) is -0.153. The minimum absolute atomic E-state index is 0.0518. The molecule has 94 valence electrons. The highest BCUT2D eigenvalue weighted by Crippen LogP contribution is 2.27. The molecule has 1 atom stereocenters. The number of carbonyl (C=O) groups excluding carboxylic acids is 1. The number of ether oxygens (including phenoxy) is 1. The molecule has 0 saturated carbocycles. The van der Waals surface area contributed by atoms with Crippen LogP contribution < -0.4 is 0 Å². The van der Waals surface area contributed by atoms with Gasteiger partial charge in [0.2, 0.25) is 0 Å². The molecule has 0 amide bonds. The number of nitrogens with zero attached hydrogens (tertiary/aromatic N) is 1. The third-order valence-corrected chi connectivity index (χ3v) is 3.47. The predicted molar refractivity (Wildman–Crippen MR) is 65.6 cm³/mol. The molecule has 0 aliphatic carbocycles. The molecule has 3 heteroatoms. The van der Waals surface area contributed by atoms with Crippen molar-refractivity contribution in [3.05, 3.63) is 0 Å². The third kappa shape index (κ3) is 3.29. The molecule has 1 aliphatic heterocycles. The normalized spacial score (nSPS) is 25.0. The fourth-order valence-electron chi connectivity index (χ4n) is 2.37. The monoisotopic (exact) mass is 227 g/mol. The van der Waals surface area contributed by atoms with Gasteiger partial charge in [-0.05, 0) is 20.3 Å². The van der Waals surface area contributed by atoms with E-state index in [0.29, 0.717) is 0 Å². The molecule has 0 radical (unpaired) electrons. The Hall–Kier alpha value is -0.410. The van der Waals surface area contributed by atoms with Crippen molar-refractivity contribution in [2.24, 2.45) is 5.41 Å². The average molecular weight is 227 g/mol. The number of aldehydes is 1. The van der Waals surface area contributed by atoms with Crippen molar-refractivity contribution in [3.8, 4) is 0 Å². The summed E-state index contributed by atoms with van der Waals surface area (Å²) in [7, 11) is 0. The molecule has 1 saturated heterocycles. The van der Waals surface area contributed by atoms with E-state index in [0.717, 1.165) is 45.4 Å². The lowest BCUT2D eigenvalue weighted by Gasteiger charge is -2.45. The second-order valence-electron chi connectivity index (χ2n) is 5.81. The third-order valence-electron chi connectivity index (χ3n) is 3.47. The minimum atomic E-state index is -0.205. The van der Waals surface area contributed by atoms with Gasteiger partial charge in [-0.1, -0.05) is 20.3 Å². The topological polar surface area (TPSA) is 29.5 Å². The van der Waals surface area contributed by atoms with Crippen LogP contribution in [0.2, 0.25) is 0 Å². The second-order valence-corrected chi connectivity index (χ2v) is 5.81. The molecular weight excluding hydrogens is 202 g/mol. The second kappa shape index (κ2) is 5.28. The maximum Gasteiger partial charge on any atom is 0.127 e. The Labute approximate surface area is 99.1 Å². The molecule has 0 spiro atoms. The van der Waals surface area contributed by atoms with Crippen LogP contribution in [-0.4, -0.2) is 43.0 Å². The summed E-state index contributed by atoms with van der Waals surface area (Å²) in [6.45, 7) is 11.9. The molecule has 1 aliphatic rings. The van der Waals surface area contributed by atoms with Crippen molar-refractivity contribution in [1.82, 2.24) is 4.90 Å². The van der Waals surface area contributed by atoms with Gasteiger partial charge < -0.3 is 9.53 Å². The number of carbonyl (C=O) groups is 1. The fourth-order valence-corrected chi connectivity index (χ4v) is 2.37. The Bertz CT molecular complexity index is 240. The summed E-state index contributed by atoms with van der Waals surface area (Å²) in [6, 6.07) is 0. The SMILES string of the molecule is CCCC(C)(C=O)CN1CCOCC1(C)C. The zero-order valence-electron chi connectivity index (χ0n) is 11.1. The van der Waals surface area contributed by atoms with Crippen molar-refractivity contribution in [2.75, 3.05) is 26.3 Å². The van der Waals surface area contributed by atoms with Crippen molar-refractivity contribution in [3.63, 3.8) is 0 Å². The van der Waals surface area contributed by atoms with Crippen LogP contribution >= 0.6 is 0 Å². The van der Waals surface area contributed by atoms with Gasteiger partial charge in [0.05, 0.1) is 13.2 Å². The summed E-state index contributed by atoms with van der Waals surface area (Å²) >= 11 is 0. The van der Waals surface area contributed by atoms with Gasteiger partial charge in [-0.2, -0.15) is 0 Å². The van der Waals surface area contributed by atoms with E-state index in [2.05, 4.69) is 32.6 Å². The molecule has 0 N–H and O–H groups in total. The first-order valence-corrected chi connectivity index (χ1v) is 6.23. The maximum absolute atomic E-state index is 11.2. The first-order chi connectivity index (χ1) is 7.43. The molecule has 1 unspecified atom stereocenters. The van der Waals surface area contributed by atoms with Crippen molar-refractivity contribution in [2.45, 2.75) is 46.1 Å². The van der Waals surface area contributed by atoms with Crippen LogP contribution in [0.4, 0.5) is 0 Å². The van der Waals surface area contributed by atoms with Gasteiger partial charge in [0.1, 0.15) is 6.29 Å². The van der Waals surface area contributed by atoms with Gasteiger partial charge in [-0.25, -0.2) is 0 Å². The van der Waals surface area contributed by atoms with Crippen LogP contribution in [0, 0.1) is 5.41 Å². The summed E-state index contributed by atoms with van der Waals surface area (Å²) in [4.78, 5) is 13.6. The van der Waals surface area contributed by atoms with Crippen LogP contribution in [0.3, 0.4) is 0 Å². The molecule has 0 aromatic rings. The summed E-state index contributed by atoms with van der Waals surface area (Å²) < 4.78 is 5.49. The van der Waals surface area contributed by atoms with E-state index < -0.39 is 0 Å². The molecular formula is C13H25NO2. The molecule has 1 rings (SSSR count). The standard InChI is InChI=1S/C13H25NO2/c1-5-6-13(4,10-15)9-14-7-8-16-11-12(14,2)3/h10H,5-9,11H2,1-4H3. The Balaban J connectivity index is 2.66. The number of morpholine rings is 1. The first kappa shape index (κ1) is 13.7. The molecule has 0 aromatic carbocycles. The van der Waals surface area contributed by atoms with Gasteiger partial charge in [0, 0.05) is 24.0 Å². The number of rotatable bonds is 5. The molecule has 0 aromatic heterocycles. The maximum atomic E-state index is 11.2. The van der Waals surface area contributed by atoms with Crippen LogP contribution in [0.5, 0.6) is 0 Å². The summed E-state index contributed by atoms with van der Waals surface area (Å²) in [5, 5.41) is 0. The van der Waals surface area contributed by atoms with Crippen molar-refractivity contribution in [1.29, 1.82) is 0 Å². The zero-order chi connectivity index (χ0) is 12.2. The molecule has 0 bridgehead atoms. The first-order valence-electron chi connectivity index (χ1n) is 6.23. The lowest BCUT2D eigenvalue weighted by Crippen LogP contribution is -2.56. The Morgan fingerprint density at radius 3 is 2.69 bits per heavy atom. The highest BCUT2D eigenvalue weighted by molar-refractivity contribution is 5.59. The minimum Gasteiger partial charge on any atom is -0.378 e. The lowest BCUT2D eigenvalue weighted by atomic mass is 9.85. The van der Waals surface area contributed by atoms with Crippen LogP contribution in [0.15, 0.2) is 0 Å². The number of hydrogen-bond acceptors (Lipinski definition) is 3. The fraction of sp³-hybridized carbons (Fsp3) is 0.923. The van der Waals surface area contributed by atoms with Gasteiger partial charge in [0.25, 0.3) is 0 Å². The molecule has 16 heavy (non-hydrogen) atoms. The van der Waals surface area contributed by atoms with Gasteiger partial charge in [-0.15, -0.1) is 0 Å². The van der Waals surface area contributed by atoms with Gasteiger partial charge in [-0.3, -0.25) is 4.90 Å². The molecule has 1 fully saturated rings. The van der Waals surface area contributed by atoms with E-state index >= 15 is 0 Å². The van der Waals surface area contributed by atoms with Gasteiger partial charge >= 0.3 is 0 Å². The van der Waals surface area contributed by atoms with Crippen LogP contribution in [-0.2, 0) is 9.53 Å². The van der Waals surface area contributed by atoms with Crippen molar-refractivity contribution < 1.29 is 9.53 Å². The Kier molecular flexibility index (Phi) is 4.51. The smallest absolute Gasteiger partial charge is 0.127 e. The Morgan fingerprint density at radius 2 is 2.19 bits per heavy atom. The number of hydrogen-bond donors (Lipinski definition) is 0. The van der Waals surface area contributed by atoms with Crippen LogP contribution in [0.1, 0.15) is 40.5 Å². The van der Waals surface area contributed by atoms with E-state index in [1.54, 1.807) is 0 Å². The molecule has 1 heterocycles. The lowest BCUT2D eigenvalue weighted by molar-refractivity contribution is -0.120. The van der Waals surface area contributed by atoms with E-state index in [9.17, 15) is 4.79 Å². The van der Waals surface area contributed by atoms with E-state index in [-0.39, 0.29) is 11.0 Å². The van der Waals surface area contributed by atoms with Crippen molar-refractivity contribution >= 4 is 6.29 Å². The van der Waals surface area contributed by atoms with Crippen LogP contribution in [0.25, 0.3) is 0 Å².